The highest BCUT2D eigenvalue weighted by Gasteiger charge is 2.14. The van der Waals surface area contributed by atoms with Crippen molar-refractivity contribution in [3.8, 4) is 22.9 Å². The summed E-state index contributed by atoms with van der Waals surface area (Å²) in [5, 5.41) is 6.93. The largest absolute Gasteiger partial charge is 0.497 e. The Kier molecular flexibility index (Phi) is 4.60. The molecule has 8 nitrogen and oxygen atoms in total. The number of benzene rings is 1. The number of H-pyrrole nitrogens is 1. The minimum Gasteiger partial charge on any atom is -0.497 e. The number of methoxy groups -OCH3 is 2. The van der Waals surface area contributed by atoms with Crippen LogP contribution in [0, 0.1) is 6.92 Å². The molecule has 144 valence electrons. The van der Waals surface area contributed by atoms with E-state index < -0.39 is 0 Å². The van der Waals surface area contributed by atoms with Crippen LogP contribution in [0.2, 0.25) is 0 Å². The Morgan fingerprint density at radius 2 is 1.89 bits per heavy atom. The number of aromatic nitrogens is 4. The molecule has 0 saturated carbocycles. The predicted octanol–water partition coefficient (Wildman–Crippen LogP) is 2.79. The molecule has 4 rings (SSSR count). The molecule has 0 bridgehead atoms. The first-order chi connectivity index (χ1) is 13.6. The molecule has 0 saturated heterocycles. The van der Waals surface area contributed by atoms with E-state index in [9.17, 15) is 4.79 Å². The zero-order valence-corrected chi connectivity index (χ0v) is 15.9. The summed E-state index contributed by atoms with van der Waals surface area (Å²) in [6.07, 6.45) is 1.14. The maximum absolute atomic E-state index is 12.6. The van der Waals surface area contributed by atoms with Gasteiger partial charge in [-0.05, 0) is 42.8 Å². The number of nitrogens with zero attached hydrogens (tertiary/aromatic N) is 3. The van der Waals surface area contributed by atoms with Gasteiger partial charge < -0.3 is 14.0 Å². The normalized spacial score (nSPS) is 11.1. The van der Waals surface area contributed by atoms with Gasteiger partial charge in [-0.1, -0.05) is 0 Å². The SMILES string of the molecule is COc1ccc(-c2[nH]n3c(=O)cc(CCc4cc(OC)no4)nc3c2C)cc1. The van der Waals surface area contributed by atoms with Crippen molar-refractivity contribution in [1.82, 2.24) is 19.8 Å². The maximum Gasteiger partial charge on any atom is 0.272 e. The van der Waals surface area contributed by atoms with Crippen LogP contribution < -0.4 is 15.0 Å². The third-order valence-corrected chi connectivity index (χ3v) is 4.66. The van der Waals surface area contributed by atoms with Crippen molar-refractivity contribution in [1.29, 1.82) is 0 Å². The Morgan fingerprint density at radius 3 is 2.57 bits per heavy atom. The van der Waals surface area contributed by atoms with Crippen LogP contribution in [0.4, 0.5) is 0 Å². The van der Waals surface area contributed by atoms with E-state index in [4.69, 9.17) is 14.0 Å². The zero-order chi connectivity index (χ0) is 19.7. The quantitative estimate of drug-likeness (QED) is 0.553. The zero-order valence-electron chi connectivity index (χ0n) is 15.9. The van der Waals surface area contributed by atoms with Crippen LogP contribution in [-0.4, -0.2) is 34.0 Å². The van der Waals surface area contributed by atoms with Gasteiger partial charge in [0, 0.05) is 35.4 Å². The monoisotopic (exact) mass is 380 g/mol. The van der Waals surface area contributed by atoms with Crippen molar-refractivity contribution in [2.45, 2.75) is 19.8 Å². The van der Waals surface area contributed by atoms with E-state index in [1.165, 1.54) is 17.7 Å². The fourth-order valence-corrected chi connectivity index (χ4v) is 3.12. The number of ether oxygens (including phenoxy) is 2. The van der Waals surface area contributed by atoms with Crippen molar-refractivity contribution >= 4 is 5.65 Å². The van der Waals surface area contributed by atoms with Crippen molar-refractivity contribution in [2.75, 3.05) is 14.2 Å². The Morgan fingerprint density at radius 1 is 1.11 bits per heavy atom. The maximum atomic E-state index is 12.6. The Balaban J connectivity index is 1.65. The Hall–Kier alpha value is -3.55. The van der Waals surface area contributed by atoms with Gasteiger partial charge in [0.25, 0.3) is 11.4 Å². The minimum absolute atomic E-state index is 0.155. The third-order valence-electron chi connectivity index (χ3n) is 4.66. The summed E-state index contributed by atoms with van der Waals surface area (Å²) in [4.78, 5) is 17.2. The average molecular weight is 380 g/mol. The van der Waals surface area contributed by atoms with E-state index in [2.05, 4.69) is 15.2 Å². The lowest BCUT2D eigenvalue weighted by Gasteiger charge is -2.02. The van der Waals surface area contributed by atoms with Crippen LogP contribution >= 0.6 is 0 Å². The predicted molar refractivity (Wildman–Crippen MR) is 103 cm³/mol. The molecule has 0 amide bonds. The number of rotatable bonds is 6. The van der Waals surface area contributed by atoms with Crippen molar-refractivity contribution < 1.29 is 14.0 Å². The van der Waals surface area contributed by atoms with Crippen LogP contribution in [0.1, 0.15) is 17.0 Å². The van der Waals surface area contributed by atoms with Gasteiger partial charge in [-0.15, -0.1) is 0 Å². The van der Waals surface area contributed by atoms with Gasteiger partial charge in [0.2, 0.25) is 0 Å². The second-order valence-corrected chi connectivity index (χ2v) is 6.42. The van der Waals surface area contributed by atoms with E-state index >= 15 is 0 Å². The lowest BCUT2D eigenvalue weighted by Crippen LogP contribution is -2.16. The fourth-order valence-electron chi connectivity index (χ4n) is 3.12. The van der Waals surface area contributed by atoms with Crippen LogP contribution in [0.3, 0.4) is 0 Å². The minimum atomic E-state index is -0.155. The number of aryl methyl sites for hydroxylation is 3. The van der Waals surface area contributed by atoms with Gasteiger partial charge in [0.1, 0.15) is 11.5 Å². The fraction of sp³-hybridized carbons (Fsp3) is 0.250. The Labute approximate surface area is 160 Å². The van der Waals surface area contributed by atoms with Gasteiger partial charge >= 0.3 is 0 Å². The lowest BCUT2D eigenvalue weighted by atomic mass is 10.1. The summed E-state index contributed by atoms with van der Waals surface area (Å²) >= 11 is 0. The lowest BCUT2D eigenvalue weighted by molar-refractivity contribution is 0.326. The highest BCUT2D eigenvalue weighted by atomic mass is 16.5. The van der Waals surface area contributed by atoms with Crippen LogP contribution in [-0.2, 0) is 12.8 Å². The summed E-state index contributed by atoms with van der Waals surface area (Å²) in [7, 11) is 3.16. The summed E-state index contributed by atoms with van der Waals surface area (Å²) in [6, 6.07) is 10.9. The molecule has 0 aliphatic heterocycles. The topological polar surface area (TPSA) is 94.7 Å². The van der Waals surface area contributed by atoms with E-state index in [-0.39, 0.29) is 5.56 Å². The highest BCUT2D eigenvalue weighted by molar-refractivity contribution is 5.70. The molecular weight excluding hydrogens is 360 g/mol. The van der Waals surface area contributed by atoms with Gasteiger partial charge in [0.15, 0.2) is 5.65 Å². The molecular formula is C20H20N4O4. The molecule has 3 aromatic heterocycles. The highest BCUT2D eigenvalue weighted by Crippen LogP contribution is 2.26. The summed E-state index contributed by atoms with van der Waals surface area (Å²) in [6.45, 7) is 1.95. The number of aromatic amines is 1. The van der Waals surface area contributed by atoms with Crippen molar-refractivity contribution in [3.05, 3.63) is 63.8 Å². The molecule has 28 heavy (non-hydrogen) atoms. The van der Waals surface area contributed by atoms with Crippen LogP contribution in [0.15, 0.2) is 45.7 Å². The Bertz CT molecular complexity index is 1170. The summed E-state index contributed by atoms with van der Waals surface area (Å²) < 4.78 is 16.9. The summed E-state index contributed by atoms with van der Waals surface area (Å²) in [5.41, 5.74) is 3.87. The van der Waals surface area contributed by atoms with Gasteiger partial charge in [-0.25, -0.2) is 9.50 Å². The van der Waals surface area contributed by atoms with Crippen LogP contribution in [0.25, 0.3) is 16.9 Å². The first-order valence-corrected chi connectivity index (χ1v) is 8.84. The molecule has 0 atom stereocenters. The van der Waals surface area contributed by atoms with Crippen molar-refractivity contribution in [3.63, 3.8) is 0 Å². The molecule has 3 heterocycles. The molecule has 8 heteroatoms. The van der Waals surface area contributed by atoms with Gasteiger partial charge in [0.05, 0.1) is 19.9 Å². The molecule has 4 aromatic rings. The number of hydrogen-bond acceptors (Lipinski definition) is 6. The van der Waals surface area contributed by atoms with Gasteiger partial charge in [-0.2, -0.15) is 0 Å². The molecule has 0 spiro atoms. The smallest absolute Gasteiger partial charge is 0.272 e. The van der Waals surface area contributed by atoms with E-state index in [1.807, 2.05) is 31.2 Å². The second-order valence-electron chi connectivity index (χ2n) is 6.42. The standard InChI is InChI=1S/C20H20N4O4/c1-12-19(13-4-7-15(26-2)8-5-13)22-24-18(25)10-14(21-20(12)24)6-9-16-11-17(27-3)23-28-16/h4-5,7-8,10-11,22H,6,9H2,1-3H3. The molecule has 1 N–H and O–H groups in total. The number of fused-ring (bicyclic) bond motifs is 1. The second kappa shape index (κ2) is 7.22. The number of nitrogens with one attached hydrogen (secondary N) is 1. The molecule has 0 aliphatic carbocycles. The first-order valence-electron chi connectivity index (χ1n) is 8.84. The molecule has 0 radical (unpaired) electrons. The van der Waals surface area contributed by atoms with Gasteiger partial charge in [-0.3, -0.25) is 9.89 Å². The molecule has 1 aromatic carbocycles. The van der Waals surface area contributed by atoms with E-state index in [0.717, 1.165) is 22.6 Å². The first kappa shape index (κ1) is 17.8. The van der Waals surface area contributed by atoms with E-state index in [0.29, 0.717) is 35.8 Å². The summed E-state index contributed by atoms with van der Waals surface area (Å²) in [5.74, 6) is 1.90. The molecule has 0 aliphatic rings. The van der Waals surface area contributed by atoms with Crippen LogP contribution in [0.5, 0.6) is 11.6 Å². The average Bonchev–Trinajstić information content (AvgIpc) is 3.31. The molecule has 0 fully saturated rings. The third kappa shape index (κ3) is 3.24. The number of hydrogen-bond donors (Lipinski definition) is 1. The van der Waals surface area contributed by atoms with Crippen molar-refractivity contribution in [2.24, 2.45) is 0 Å². The van der Waals surface area contributed by atoms with E-state index in [1.54, 1.807) is 13.2 Å². The molecule has 0 unspecified atom stereocenters.